The minimum atomic E-state index is -4.26. The Morgan fingerprint density at radius 3 is 2.42 bits per heavy atom. The van der Waals surface area contributed by atoms with Gasteiger partial charge in [-0.15, -0.1) is 0 Å². The molecule has 0 saturated carbocycles. The van der Waals surface area contributed by atoms with Gasteiger partial charge in [0.2, 0.25) is 0 Å². The fraction of sp³-hybridized carbons (Fsp3) is 0.368. The third kappa shape index (κ3) is 3.95. The molecule has 0 N–H and O–H groups in total. The molecule has 2 aromatic rings. The summed E-state index contributed by atoms with van der Waals surface area (Å²) in [6.07, 6.45) is -1.73. The second-order valence-corrected chi connectivity index (χ2v) is 7.02. The number of hydrogen-bond donors (Lipinski definition) is 0. The normalized spacial score (nSPS) is 15.3. The first-order valence-electron chi connectivity index (χ1n) is 7.94. The van der Waals surface area contributed by atoms with Crippen LogP contribution < -0.4 is 0 Å². The molecule has 1 aliphatic heterocycles. The van der Waals surface area contributed by atoms with Crippen molar-refractivity contribution in [2.75, 3.05) is 12.8 Å². The first-order valence-corrected chi connectivity index (χ1v) is 9.34. The summed E-state index contributed by atoms with van der Waals surface area (Å²) in [5.41, 5.74) is 3.30. The van der Waals surface area contributed by atoms with Crippen LogP contribution in [0.5, 0.6) is 0 Å². The minimum Gasteiger partial charge on any atom is -0.294 e. The molecule has 3 rings (SSSR count). The van der Waals surface area contributed by atoms with E-state index in [1.54, 1.807) is 11.8 Å². The van der Waals surface area contributed by atoms with Gasteiger partial charge in [0.1, 0.15) is 0 Å². The fourth-order valence-corrected chi connectivity index (χ4v) is 3.76. The number of nitrogens with zero attached hydrogens (tertiary/aromatic N) is 1. The standard InChI is InChI=1S/C19H20F3NS/c1-24-13-15-7-5-14(6-8-15)11-23-10-9-17-16(12-23)3-2-4-18(17)19(20,21)22/h2-8H,9-13H2,1H3. The summed E-state index contributed by atoms with van der Waals surface area (Å²) in [6.45, 7) is 2.01. The van der Waals surface area contributed by atoms with Crippen molar-refractivity contribution < 1.29 is 13.2 Å². The first-order chi connectivity index (χ1) is 11.5. The summed E-state index contributed by atoms with van der Waals surface area (Å²) in [5, 5.41) is 0. The van der Waals surface area contributed by atoms with Gasteiger partial charge >= 0.3 is 6.18 Å². The highest BCUT2D eigenvalue weighted by molar-refractivity contribution is 7.97. The summed E-state index contributed by atoms with van der Waals surface area (Å²) in [5.74, 6) is 0.998. The second kappa shape index (κ2) is 7.19. The highest BCUT2D eigenvalue weighted by Gasteiger charge is 2.35. The van der Waals surface area contributed by atoms with Gasteiger partial charge in [0.05, 0.1) is 5.56 Å². The van der Waals surface area contributed by atoms with Crippen molar-refractivity contribution in [3.63, 3.8) is 0 Å². The fourth-order valence-electron chi connectivity index (χ4n) is 3.23. The van der Waals surface area contributed by atoms with Crippen LogP contribution in [0.25, 0.3) is 0 Å². The Hall–Kier alpha value is -1.46. The number of halogens is 3. The Bertz CT molecular complexity index is 695. The molecule has 0 radical (unpaired) electrons. The molecule has 1 heterocycles. The Labute approximate surface area is 144 Å². The maximum atomic E-state index is 13.1. The van der Waals surface area contributed by atoms with Crippen molar-refractivity contribution in [3.05, 3.63) is 70.3 Å². The van der Waals surface area contributed by atoms with Crippen molar-refractivity contribution in [1.82, 2.24) is 4.90 Å². The molecule has 1 nitrogen and oxygen atoms in total. The highest BCUT2D eigenvalue weighted by Crippen LogP contribution is 2.35. The molecule has 1 aliphatic rings. The molecule has 0 bridgehead atoms. The third-order valence-corrected chi connectivity index (χ3v) is 5.01. The van der Waals surface area contributed by atoms with Gasteiger partial charge in [0.25, 0.3) is 0 Å². The molecule has 0 aromatic heterocycles. The topological polar surface area (TPSA) is 3.24 Å². The molecule has 0 atom stereocenters. The zero-order valence-electron chi connectivity index (χ0n) is 13.6. The molecule has 5 heteroatoms. The van der Waals surface area contributed by atoms with E-state index < -0.39 is 11.7 Å². The van der Waals surface area contributed by atoms with Gasteiger partial charge in [0.15, 0.2) is 0 Å². The van der Waals surface area contributed by atoms with Crippen LogP contribution in [0.3, 0.4) is 0 Å². The maximum Gasteiger partial charge on any atom is 0.416 e. The lowest BCUT2D eigenvalue weighted by atomic mass is 9.94. The molecule has 2 aromatic carbocycles. The summed E-state index contributed by atoms with van der Waals surface area (Å²) >= 11 is 1.79. The highest BCUT2D eigenvalue weighted by atomic mass is 32.2. The van der Waals surface area contributed by atoms with E-state index in [1.807, 2.05) is 6.07 Å². The Balaban J connectivity index is 1.71. The number of thioether (sulfide) groups is 1. The molecule has 0 saturated heterocycles. The van der Waals surface area contributed by atoms with E-state index in [0.717, 1.165) is 17.9 Å². The average molecular weight is 351 g/mol. The lowest BCUT2D eigenvalue weighted by Crippen LogP contribution is -2.31. The number of benzene rings is 2. The molecular weight excluding hydrogens is 331 g/mol. The van der Waals surface area contributed by atoms with Gasteiger partial charge < -0.3 is 0 Å². The predicted octanol–water partition coefficient (Wildman–Crippen LogP) is 5.13. The van der Waals surface area contributed by atoms with Gasteiger partial charge in [0, 0.05) is 25.4 Å². The molecule has 0 fully saturated rings. The van der Waals surface area contributed by atoms with Crippen LogP contribution >= 0.6 is 11.8 Å². The van der Waals surface area contributed by atoms with Crippen LogP contribution in [-0.4, -0.2) is 17.7 Å². The summed E-state index contributed by atoms with van der Waals surface area (Å²) in [6, 6.07) is 13.0. The number of alkyl halides is 3. The van der Waals surface area contributed by atoms with Gasteiger partial charge in [-0.25, -0.2) is 0 Å². The summed E-state index contributed by atoms with van der Waals surface area (Å²) < 4.78 is 39.3. The van der Waals surface area contributed by atoms with Gasteiger partial charge in [-0.05, 0) is 41.0 Å². The molecule has 24 heavy (non-hydrogen) atoms. The zero-order chi connectivity index (χ0) is 17.2. The van der Waals surface area contributed by atoms with E-state index in [-0.39, 0.29) is 0 Å². The summed E-state index contributed by atoms with van der Waals surface area (Å²) in [4.78, 5) is 2.21. The van der Waals surface area contributed by atoms with Crippen molar-refractivity contribution in [2.24, 2.45) is 0 Å². The molecule has 128 valence electrons. The Morgan fingerprint density at radius 2 is 1.75 bits per heavy atom. The second-order valence-electron chi connectivity index (χ2n) is 6.15. The SMILES string of the molecule is CSCc1ccc(CN2CCc3c(cccc3C(F)(F)F)C2)cc1. The number of rotatable bonds is 4. The molecular formula is C19H20F3NS. The minimum absolute atomic E-state index is 0.454. The maximum absolute atomic E-state index is 13.1. The van der Waals surface area contributed by atoms with Gasteiger partial charge in [-0.1, -0.05) is 36.4 Å². The van der Waals surface area contributed by atoms with Crippen molar-refractivity contribution in [3.8, 4) is 0 Å². The molecule has 0 amide bonds. The van der Waals surface area contributed by atoms with Crippen molar-refractivity contribution >= 4 is 11.8 Å². The van der Waals surface area contributed by atoms with E-state index in [1.165, 1.54) is 23.3 Å². The van der Waals surface area contributed by atoms with E-state index in [4.69, 9.17) is 0 Å². The van der Waals surface area contributed by atoms with Crippen LogP contribution in [-0.2, 0) is 31.4 Å². The first kappa shape index (κ1) is 17.4. The van der Waals surface area contributed by atoms with Crippen molar-refractivity contribution in [2.45, 2.75) is 31.4 Å². The van der Waals surface area contributed by atoms with Gasteiger partial charge in [-0.2, -0.15) is 24.9 Å². The van der Waals surface area contributed by atoms with Crippen molar-refractivity contribution in [1.29, 1.82) is 0 Å². The average Bonchev–Trinajstić information content (AvgIpc) is 2.55. The summed E-state index contributed by atoms with van der Waals surface area (Å²) in [7, 11) is 0. The van der Waals surface area contributed by atoms with E-state index in [9.17, 15) is 13.2 Å². The number of fused-ring (bicyclic) bond motifs is 1. The lowest BCUT2D eigenvalue weighted by molar-refractivity contribution is -0.138. The van der Waals surface area contributed by atoms with E-state index in [0.29, 0.717) is 25.1 Å². The third-order valence-electron chi connectivity index (χ3n) is 4.39. The molecule has 0 aliphatic carbocycles. The zero-order valence-corrected chi connectivity index (χ0v) is 14.4. The van der Waals surface area contributed by atoms with E-state index in [2.05, 4.69) is 35.4 Å². The van der Waals surface area contributed by atoms with Crippen LogP contribution in [0, 0.1) is 0 Å². The molecule has 0 unspecified atom stereocenters. The monoisotopic (exact) mass is 351 g/mol. The Morgan fingerprint density at radius 1 is 1.04 bits per heavy atom. The quantitative estimate of drug-likeness (QED) is 0.751. The van der Waals surface area contributed by atoms with Gasteiger partial charge in [-0.3, -0.25) is 4.90 Å². The number of hydrogen-bond acceptors (Lipinski definition) is 2. The van der Waals surface area contributed by atoms with Crippen LogP contribution in [0.15, 0.2) is 42.5 Å². The van der Waals surface area contributed by atoms with Crippen LogP contribution in [0.4, 0.5) is 13.2 Å². The van der Waals surface area contributed by atoms with E-state index >= 15 is 0 Å². The smallest absolute Gasteiger partial charge is 0.294 e. The van der Waals surface area contributed by atoms with Crippen LogP contribution in [0.2, 0.25) is 0 Å². The van der Waals surface area contributed by atoms with Crippen LogP contribution in [0.1, 0.15) is 27.8 Å². The Kier molecular flexibility index (Phi) is 5.21. The predicted molar refractivity (Wildman–Crippen MR) is 92.9 cm³/mol. The molecule has 0 spiro atoms. The lowest BCUT2D eigenvalue weighted by Gasteiger charge is -2.30. The largest absolute Gasteiger partial charge is 0.416 e.